The van der Waals surface area contributed by atoms with Gasteiger partial charge < -0.3 is 10.6 Å². The summed E-state index contributed by atoms with van der Waals surface area (Å²) < 4.78 is 12.8. The Morgan fingerprint density at radius 3 is 2.56 bits per heavy atom. The SMILES string of the molecule is C[C@H]1CCCC[C@@H]1NC(=S)Nc1ccc(F)cc1. The molecule has 2 rings (SSSR count). The summed E-state index contributed by atoms with van der Waals surface area (Å²) in [4.78, 5) is 0. The van der Waals surface area contributed by atoms with Crippen LogP contribution in [0.3, 0.4) is 0 Å². The predicted octanol–water partition coefficient (Wildman–Crippen LogP) is 3.69. The van der Waals surface area contributed by atoms with Crippen LogP contribution in [0.5, 0.6) is 0 Å². The Labute approximate surface area is 113 Å². The van der Waals surface area contributed by atoms with Crippen LogP contribution in [0.1, 0.15) is 32.6 Å². The van der Waals surface area contributed by atoms with Crippen LogP contribution in [0, 0.1) is 11.7 Å². The Morgan fingerprint density at radius 1 is 1.22 bits per heavy atom. The number of halogens is 1. The number of thiocarbonyl (C=S) groups is 1. The lowest BCUT2D eigenvalue weighted by Gasteiger charge is -2.30. The van der Waals surface area contributed by atoms with E-state index in [9.17, 15) is 4.39 Å². The second-order valence-electron chi connectivity index (χ2n) is 4.97. The fraction of sp³-hybridized carbons (Fsp3) is 0.500. The van der Waals surface area contributed by atoms with Gasteiger partial charge in [0.2, 0.25) is 0 Å². The fourth-order valence-corrected chi connectivity index (χ4v) is 2.67. The molecular weight excluding hydrogens is 247 g/mol. The number of hydrogen-bond donors (Lipinski definition) is 2. The molecule has 0 bridgehead atoms. The van der Waals surface area contributed by atoms with E-state index in [4.69, 9.17) is 12.2 Å². The first-order valence-electron chi connectivity index (χ1n) is 6.48. The molecule has 18 heavy (non-hydrogen) atoms. The van der Waals surface area contributed by atoms with Gasteiger partial charge in [-0.1, -0.05) is 19.8 Å². The van der Waals surface area contributed by atoms with Crippen LogP contribution in [-0.4, -0.2) is 11.2 Å². The van der Waals surface area contributed by atoms with Crippen molar-refractivity contribution in [1.29, 1.82) is 0 Å². The maximum Gasteiger partial charge on any atom is 0.171 e. The van der Waals surface area contributed by atoms with E-state index < -0.39 is 0 Å². The number of hydrogen-bond acceptors (Lipinski definition) is 1. The second-order valence-corrected chi connectivity index (χ2v) is 5.38. The van der Waals surface area contributed by atoms with Gasteiger partial charge in [0.05, 0.1) is 0 Å². The number of nitrogens with one attached hydrogen (secondary N) is 2. The average Bonchev–Trinajstić information content (AvgIpc) is 2.35. The molecule has 1 aliphatic rings. The van der Waals surface area contributed by atoms with Crippen molar-refractivity contribution >= 4 is 23.0 Å². The standard InChI is InChI=1S/C14H19FN2S/c1-10-4-2-3-5-13(10)17-14(18)16-12-8-6-11(15)7-9-12/h6-10,13H,2-5H2,1H3,(H2,16,17,18)/t10-,13-/m0/s1. The summed E-state index contributed by atoms with van der Waals surface area (Å²) >= 11 is 5.29. The molecule has 1 fully saturated rings. The first-order chi connectivity index (χ1) is 8.65. The Balaban J connectivity index is 1.86. The third kappa shape index (κ3) is 3.67. The smallest absolute Gasteiger partial charge is 0.171 e. The van der Waals surface area contributed by atoms with Crippen molar-refractivity contribution in [3.8, 4) is 0 Å². The Morgan fingerprint density at radius 2 is 1.89 bits per heavy atom. The quantitative estimate of drug-likeness (QED) is 0.798. The van der Waals surface area contributed by atoms with E-state index in [0.29, 0.717) is 17.1 Å². The van der Waals surface area contributed by atoms with Crippen molar-refractivity contribution in [2.45, 2.75) is 38.6 Å². The summed E-state index contributed by atoms with van der Waals surface area (Å²) in [6.07, 6.45) is 5.02. The number of rotatable bonds is 2. The minimum absolute atomic E-state index is 0.236. The minimum Gasteiger partial charge on any atom is -0.359 e. The molecule has 0 saturated heterocycles. The molecular formula is C14H19FN2S. The molecule has 0 aromatic heterocycles. The zero-order valence-corrected chi connectivity index (χ0v) is 11.4. The number of benzene rings is 1. The van der Waals surface area contributed by atoms with Gasteiger partial charge in [0, 0.05) is 11.7 Å². The van der Waals surface area contributed by atoms with E-state index in [1.165, 1.54) is 37.8 Å². The van der Waals surface area contributed by atoms with Crippen molar-refractivity contribution in [2.24, 2.45) is 5.92 Å². The normalized spacial score (nSPS) is 23.4. The molecule has 0 spiro atoms. The van der Waals surface area contributed by atoms with Gasteiger partial charge in [-0.15, -0.1) is 0 Å². The van der Waals surface area contributed by atoms with Gasteiger partial charge >= 0.3 is 0 Å². The second kappa shape index (κ2) is 6.14. The summed E-state index contributed by atoms with van der Waals surface area (Å²) in [5.41, 5.74) is 0.817. The van der Waals surface area contributed by atoms with Crippen LogP contribution in [-0.2, 0) is 0 Å². The van der Waals surface area contributed by atoms with Gasteiger partial charge in [-0.25, -0.2) is 4.39 Å². The molecule has 0 unspecified atom stereocenters. The van der Waals surface area contributed by atoms with Crippen LogP contribution in [0.4, 0.5) is 10.1 Å². The molecule has 2 nitrogen and oxygen atoms in total. The van der Waals surface area contributed by atoms with Gasteiger partial charge in [-0.2, -0.15) is 0 Å². The first kappa shape index (κ1) is 13.3. The van der Waals surface area contributed by atoms with Crippen LogP contribution in [0.15, 0.2) is 24.3 Å². The average molecular weight is 266 g/mol. The van der Waals surface area contributed by atoms with E-state index in [-0.39, 0.29) is 5.82 Å². The van der Waals surface area contributed by atoms with Gasteiger partial charge in [0.25, 0.3) is 0 Å². The Bertz CT molecular complexity index is 405. The minimum atomic E-state index is -0.236. The summed E-state index contributed by atoms with van der Waals surface area (Å²) in [6.45, 7) is 2.26. The summed E-state index contributed by atoms with van der Waals surface area (Å²) in [5.74, 6) is 0.423. The van der Waals surface area contributed by atoms with E-state index in [1.54, 1.807) is 12.1 Å². The van der Waals surface area contributed by atoms with Gasteiger partial charge in [-0.3, -0.25) is 0 Å². The highest BCUT2D eigenvalue weighted by Crippen LogP contribution is 2.23. The zero-order chi connectivity index (χ0) is 13.0. The first-order valence-corrected chi connectivity index (χ1v) is 6.89. The lowest BCUT2D eigenvalue weighted by atomic mass is 9.86. The summed E-state index contributed by atoms with van der Waals surface area (Å²) in [5, 5.41) is 7.07. The van der Waals surface area contributed by atoms with E-state index in [0.717, 1.165) is 5.69 Å². The van der Waals surface area contributed by atoms with Crippen LogP contribution in [0.25, 0.3) is 0 Å². The molecule has 1 aliphatic carbocycles. The molecule has 4 heteroatoms. The van der Waals surface area contributed by atoms with Crippen molar-refractivity contribution in [3.63, 3.8) is 0 Å². The van der Waals surface area contributed by atoms with Crippen molar-refractivity contribution in [2.75, 3.05) is 5.32 Å². The zero-order valence-electron chi connectivity index (χ0n) is 10.6. The Hall–Kier alpha value is -1.16. The van der Waals surface area contributed by atoms with Crippen molar-refractivity contribution < 1.29 is 4.39 Å². The topological polar surface area (TPSA) is 24.1 Å². The molecule has 1 aromatic rings. The van der Waals surface area contributed by atoms with Crippen molar-refractivity contribution in [3.05, 3.63) is 30.1 Å². The summed E-state index contributed by atoms with van der Waals surface area (Å²) in [7, 11) is 0. The van der Waals surface area contributed by atoms with Gasteiger partial charge in [0.1, 0.15) is 5.82 Å². The van der Waals surface area contributed by atoms with Crippen LogP contribution in [0.2, 0.25) is 0 Å². The largest absolute Gasteiger partial charge is 0.359 e. The predicted molar refractivity (Wildman–Crippen MR) is 77.2 cm³/mol. The van der Waals surface area contributed by atoms with Gasteiger partial charge in [-0.05, 0) is 55.2 Å². The third-order valence-electron chi connectivity index (χ3n) is 3.53. The lowest BCUT2D eigenvalue weighted by Crippen LogP contribution is -2.43. The maximum absolute atomic E-state index is 12.8. The highest BCUT2D eigenvalue weighted by Gasteiger charge is 2.21. The molecule has 2 atom stereocenters. The molecule has 0 aliphatic heterocycles. The molecule has 0 radical (unpaired) electrons. The maximum atomic E-state index is 12.8. The van der Waals surface area contributed by atoms with E-state index in [1.807, 2.05) is 0 Å². The molecule has 1 saturated carbocycles. The van der Waals surface area contributed by atoms with E-state index >= 15 is 0 Å². The monoisotopic (exact) mass is 266 g/mol. The van der Waals surface area contributed by atoms with Crippen LogP contribution >= 0.6 is 12.2 Å². The van der Waals surface area contributed by atoms with Crippen molar-refractivity contribution in [1.82, 2.24) is 5.32 Å². The van der Waals surface area contributed by atoms with Gasteiger partial charge in [0.15, 0.2) is 5.11 Å². The number of anilines is 1. The Kier molecular flexibility index (Phi) is 4.53. The highest BCUT2D eigenvalue weighted by molar-refractivity contribution is 7.80. The fourth-order valence-electron chi connectivity index (χ4n) is 2.40. The van der Waals surface area contributed by atoms with E-state index in [2.05, 4.69) is 17.6 Å². The third-order valence-corrected chi connectivity index (χ3v) is 3.75. The molecule has 0 heterocycles. The molecule has 2 N–H and O–H groups in total. The highest BCUT2D eigenvalue weighted by atomic mass is 32.1. The van der Waals surface area contributed by atoms with Crippen LogP contribution < -0.4 is 10.6 Å². The molecule has 1 aromatic carbocycles. The molecule has 98 valence electrons. The molecule has 0 amide bonds. The summed E-state index contributed by atoms with van der Waals surface area (Å²) in [6, 6.07) is 6.68. The lowest BCUT2D eigenvalue weighted by molar-refractivity contribution is 0.309.